The Kier molecular flexibility index (Phi) is 3.23. The summed E-state index contributed by atoms with van der Waals surface area (Å²) in [6.07, 6.45) is 0. The molecular weight excluding hydrogens is 284 g/mol. The van der Waals surface area contributed by atoms with Gasteiger partial charge in [-0.1, -0.05) is 11.3 Å². The van der Waals surface area contributed by atoms with E-state index < -0.39 is 0 Å². The minimum atomic E-state index is -0.209. The van der Waals surface area contributed by atoms with Gasteiger partial charge in [-0.3, -0.25) is 10.1 Å². The number of thiazole rings is 1. The second kappa shape index (κ2) is 5.06. The number of amides is 1. The highest BCUT2D eigenvalue weighted by atomic mass is 32.1. The van der Waals surface area contributed by atoms with Crippen molar-refractivity contribution >= 4 is 44.0 Å². The number of anilines is 3. The largest absolute Gasteiger partial charge is 0.399 e. The molecule has 0 bridgehead atoms. The predicted octanol–water partition coefficient (Wildman–Crippen LogP) is 3.02. The smallest absolute Gasteiger partial charge is 0.257 e. The van der Waals surface area contributed by atoms with Gasteiger partial charge in [0.2, 0.25) is 0 Å². The number of fused-ring (bicyclic) bond motifs is 1. The van der Waals surface area contributed by atoms with Gasteiger partial charge in [-0.2, -0.15) is 0 Å². The zero-order chi connectivity index (χ0) is 15.0. The Labute approximate surface area is 125 Å². The van der Waals surface area contributed by atoms with Crippen molar-refractivity contribution in [2.45, 2.75) is 6.92 Å². The van der Waals surface area contributed by atoms with Crippen LogP contribution < -0.4 is 16.8 Å². The number of carbonyl (C=O) groups is 1. The van der Waals surface area contributed by atoms with Crippen LogP contribution in [0.25, 0.3) is 10.2 Å². The molecule has 0 aliphatic heterocycles. The molecule has 5 N–H and O–H groups in total. The molecule has 2 aromatic carbocycles. The molecule has 0 unspecified atom stereocenters. The lowest BCUT2D eigenvalue weighted by Crippen LogP contribution is -2.11. The van der Waals surface area contributed by atoms with Crippen LogP contribution in [0.15, 0.2) is 36.4 Å². The summed E-state index contributed by atoms with van der Waals surface area (Å²) in [5, 5.41) is 3.36. The van der Waals surface area contributed by atoms with Crippen molar-refractivity contribution in [3.05, 3.63) is 47.5 Å². The van der Waals surface area contributed by atoms with E-state index in [4.69, 9.17) is 11.5 Å². The van der Waals surface area contributed by atoms with Crippen LogP contribution in [-0.2, 0) is 0 Å². The number of hydrogen-bond donors (Lipinski definition) is 3. The molecule has 3 rings (SSSR count). The van der Waals surface area contributed by atoms with Crippen LogP contribution in [0.3, 0.4) is 0 Å². The Bertz CT molecular complexity index is 824. The maximum absolute atomic E-state index is 12.1. The molecule has 0 radical (unpaired) electrons. The first-order chi connectivity index (χ1) is 10.0. The van der Waals surface area contributed by atoms with Crippen LogP contribution >= 0.6 is 11.3 Å². The van der Waals surface area contributed by atoms with E-state index in [0.717, 1.165) is 15.8 Å². The number of nitrogens with two attached hydrogens (primary N) is 2. The van der Waals surface area contributed by atoms with Gasteiger partial charge in [0.1, 0.15) is 0 Å². The van der Waals surface area contributed by atoms with Crippen molar-refractivity contribution in [1.29, 1.82) is 0 Å². The summed E-state index contributed by atoms with van der Waals surface area (Å²) in [5.41, 5.74) is 15.1. The molecule has 0 atom stereocenters. The molecule has 106 valence electrons. The Morgan fingerprint density at radius 2 is 1.86 bits per heavy atom. The number of rotatable bonds is 2. The molecule has 0 saturated heterocycles. The topological polar surface area (TPSA) is 94.0 Å². The molecule has 21 heavy (non-hydrogen) atoms. The Hall–Kier alpha value is -2.60. The quantitative estimate of drug-likeness (QED) is 0.634. The summed E-state index contributed by atoms with van der Waals surface area (Å²) < 4.78 is 0.958. The minimum absolute atomic E-state index is 0.209. The first-order valence-electron chi connectivity index (χ1n) is 6.36. The van der Waals surface area contributed by atoms with Gasteiger partial charge in [0.25, 0.3) is 5.91 Å². The SMILES string of the molecule is Cc1cc(N)cc2sc(NC(=O)c3ccc(N)cc3)nc12. The van der Waals surface area contributed by atoms with E-state index in [1.165, 1.54) is 11.3 Å². The van der Waals surface area contributed by atoms with Crippen molar-refractivity contribution in [1.82, 2.24) is 4.98 Å². The average Bonchev–Trinajstić information content (AvgIpc) is 2.82. The summed E-state index contributed by atoms with van der Waals surface area (Å²) in [6.45, 7) is 1.95. The van der Waals surface area contributed by atoms with Crippen LogP contribution in [0.1, 0.15) is 15.9 Å². The van der Waals surface area contributed by atoms with Gasteiger partial charge < -0.3 is 11.5 Å². The summed E-state index contributed by atoms with van der Waals surface area (Å²) in [7, 11) is 0. The van der Waals surface area contributed by atoms with E-state index in [1.807, 2.05) is 19.1 Å². The molecule has 1 amide bonds. The fourth-order valence-corrected chi connectivity index (χ4v) is 3.07. The summed E-state index contributed by atoms with van der Waals surface area (Å²) in [6, 6.07) is 10.5. The monoisotopic (exact) mass is 298 g/mol. The average molecular weight is 298 g/mol. The van der Waals surface area contributed by atoms with Gasteiger partial charge in [0.05, 0.1) is 10.2 Å². The lowest BCUT2D eigenvalue weighted by Gasteiger charge is -2.01. The first-order valence-corrected chi connectivity index (χ1v) is 7.18. The maximum Gasteiger partial charge on any atom is 0.257 e. The molecule has 3 aromatic rings. The van der Waals surface area contributed by atoms with E-state index in [0.29, 0.717) is 22.1 Å². The number of nitrogens with one attached hydrogen (secondary N) is 1. The van der Waals surface area contributed by atoms with Gasteiger partial charge in [0, 0.05) is 16.9 Å². The lowest BCUT2D eigenvalue weighted by atomic mass is 10.2. The summed E-state index contributed by atoms with van der Waals surface area (Å²) in [5.74, 6) is -0.209. The minimum Gasteiger partial charge on any atom is -0.399 e. The van der Waals surface area contributed by atoms with Crippen molar-refractivity contribution in [2.24, 2.45) is 0 Å². The number of benzene rings is 2. The molecule has 0 fully saturated rings. The van der Waals surface area contributed by atoms with Crippen molar-refractivity contribution < 1.29 is 4.79 Å². The van der Waals surface area contributed by atoms with Crippen LogP contribution in [0.5, 0.6) is 0 Å². The second-order valence-electron chi connectivity index (χ2n) is 4.78. The van der Waals surface area contributed by atoms with Gasteiger partial charge in [-0.15, -0.1) is 0 Å². The number of aromatic nitrogens is 1. The normalized spacial score (nSPS) is 10.7. The Morgan fingerprint density at radius 3 is 2.57 bits per heavy atom. The molecule has 0 saturated carbocycles. The maximum atomic E-state index is 12.1. The highest BCUT2D eigenvalue weighted by molar-refractivity contribution is 7.22. The van der Waals surface area contributed by atoms with Crippen molar-refractivity contribution in [3.8, 4) is 0 Å². The van der Waals surface area contributed by atoms with E-state index in [-0.39, 0.29) is 5.91 Å². The third-order valence-corrected chi connectivity index (χ3v) is 4.02. The summed E-state index contributed by atoms with van der Waals surface area (Å²) >= 11 is 1.40. The number of nitrogens with zero attached hydrogens (tertiary/aromatic N) is 1. The number of hydrogen-bond acceptors (Lipinski definition) is 5. The van der Waals surface area contributed by atoms with Gasteiger partial charge in [-0.05, 0) is 48.9 Å². The molecular formula is C15H14N4OS. The predicted molar refractivity (Wildman–Crippen MR) is 87.6 cm³/mol. The molecule has 0 aliphatic rings. The first kappa shape index (κ1) is 13.4. The fraction of sp³-hybridized carbons (Fsp3) is 0.0667. The van der Waals surface area contributed by atoms with E-state index in [1.54, 1.807) is 24.3 Å². The van der Waals surface area contributed by atoms with Gasteiger partial charge in [-0.25, -0.2) is 4.98 Å². The van der Waals surface area contributed by atoms with Crippen LogP contribution in [0.2, 0.25) is 0 Å². The van der Waals surface area contributed by atoms with E-state index in [9.17, 15) is 4.79 Å². The lowest BCUT2D eigenvalue weighted by molar-refractivity contribution is 0.102. The highest BCUT2D eigenvalue weighted by Crippen LogP contribution is 2.30. The van der Waals surface area contributed by atoms with Crippen molar-refractivity contribution in [2.75, 3.05) is 16.8 Å². The fourth-order valence-electron chi connectivity index (χ4n) is 2.08. The van der Waals surface area contributed by atoms with Crippen LogP contribution in [0, 0.1) is 6.92 Å². The molecule has 5 nitrogen and oxygen atoms in total. The molecule has 6 heteroatoms. The van der Waals surface area contributed by atoms with Crippen molar-refractivity contribution in [3.63, 3.8) is 0 Å². The third kappa shape index (κ3) is 2.66. The van der Waals surface area contributed by atoms with E-state index in [2.05, 4.69) is 10.3 Å². The van der Waals surface area contributed by atoms with Crippen LogP contribution in [0.4, 0.5) is 16.5 Å². The van der Waals surface area contributed by atoms with Gasteiger partial charge >= 0.3 is 0 Å². The standard InChI is InChI=1S/C15H14N4OS/c1-8-6-11(17)7-12-13(8)18-15(21-12)19-14(20)9-2-4-10(16)5-3-9/h2-7H,16-17H2,1H3,(H,18,19,20). The zero-order valence-electron chi connectivity index (χ0n) is 11.4. The number of nitrogen functional groups attached to an aromatic ring is 2. The number of carbonyl (C=O) groups excluding carboxylic acids is 1. The van der Waals surface area contributed by atoms with Crippen LogP contribution in [-0.4, -0.2) is 10.9 Å². The third-order valence-electron chi connectivity index (χ3n) is 3.10. The molecule has 0 aliphatic carbocycles. The molecule has 1 aromatic heterocycles. The highest BCUT2D eigenvalue weighted by Gasteiger charge is 2.11. The Balaban J connectivity index is 1.89. The Morgan fingerprint density at radius 1 is 1.14 bits per heavy atom. The molecule has 0 spiro atoms. The molecule has 1 heterocycles. The van der Waals surface area contributed by atoms with E-state index >= 15 is 0 Å². The summed E-state index contributed by atoms with van der Waals surface area (Å²) in [4.78, 5) is 16.6. The zero-order valence-corrected chi connectivity index (χ0v) is 12.2. The number of aryl methyl sites for hydroxylation is 1. The second-order valence-corrected chi connectivity index (χ2v) is 5.81. The van der Waals surface area contributed by atoms with Gasteiger partial charge in [0.15, 0.2) is 5.13 Å².